The van der Waals surface area contributed by atoms with Gasteiger partial charge in [0.25, 0.3) is 0 Å². The van der Waals surface area contributed by atoms with Gasteiger partial charge >= 0.3 is 11.9 Å². The average Bonchev–Trinajstić information content (AvgIpc) is 3.71. The first-order chi connectivity index (χ1) is 22.4. The van der Waals surface area contributed by atoms with Gasteiger partial charge in [0.05, 0.1) is 0 Å². The Kier molecular flexibility index (Phi) is 6.65. The smallest absolute Gasteiger partial charge is 0.303 e. The van der Waals surface area contributed by atoms with Crippen LogP contribution in [0.4, 0.5) is 0 Å². The van der Waals surface area contributed by atoms with E-state index in [9.17, 15) is 19.8 Å². The van der Waals surface area contributed by atoms with Crippen LogP contribution in [-0.2, 0) is 22.4 Å². The zero-order valence-electron chi connectivity index (χ0n) is 25.7. The molecule has 8 nitrogen and oxygen atoms in total. The van der Waals surface area contributed by atoms with E-state index in [1.165, 1.54) is 11.1 Å². The molecule has 2 aromatic rings. The Morgan fingerprint density at radius 2 is 1.13 bits per heavy atom. The summed E-state index contributed by atoms with van der Waals surface area (Å²) < 4.78 is 22.4. The Morgan fingerprint density at radius 3 is 1.78 bits per heavy atom. The molecule has 2 heterocycles. The predicted molar refractivity (Wildman–Crippen MR) is 166 cm³/mol. The second-order valence-electron chi connectivity index (χ2n) is 14.7. The van der Waals surface area contributed by atoms with Crippen molar-refractivity contribution >= 4 is 11.9 Å². The van der Waals surface area contributed by atoms with E-state index in [-0.39, 0.29) is 38.3 Å². The Morgan fingerprint density at radius 1 is 0.587 bits per heavy atom. The fraction of sp³-hybridized carbons (Fsp3) is 0.526. The monoisotopic (exact) mass is 624 g/mol. The highest BCUT2D eigenvalue weighted by Crippen LogP contribution is 2.71. The lowest BCUT2D eigenvalue weighted by Crippen LogP contribution is -2.67. The van der Waals surface area contributed by atoms with Crippen LogP contribution in [0.3, 0.4) is 0 Å². The van der Waals surface area contributed by atoms with Crippen molar-refractivity contribution in [1.29, 1.82) is 0 Å². The highest BCUT2D eigenvalue weighted by Gasteiger charge is 2.67. The van der Waals surface area contributed by atoms with E-state index in [4.69, 9.17) is 18.9 Å². The molecule has 240 valence electrons. The van der Waals surface area contributed by atoms with Crippen LogP contribution in [0.2, 0.25) is 0 Å². The van der Waals surface area contributed by atoms with Gasteiger partial charge in [-0.05, 0) is 132 Å². The summed E-state index contributed by atoms with van der Waals surface area (Å²) in [5.41, 5.74) is 2.43. The number of hydrogen-bond donors (Lipinski definition) is 2. The normalized spacial score (nSPS) is 37.9. The minimum absolute atomic E-state index is 0.131. The number of aliphatic carboxylic acids is 2. The van der Waals surface area contributed by atoms with E-state index < -0.39 is 11.9 Å². The standard InChI is InChI=1S/C38H40O8/c39-33(40)3-1-2-21-27(13-20-5-11-30-32(15-20)46-18-44-30)37-23-8-9-25(35(21)37)36-22(23)6-7-24-26(28(38(24)36)16-34(41)42)12-19-4-10-29-31(14-19)45-17-43-29/h4-11,14-15,21-28,35-38H,1-3,12-13,16-18H2,(H,39,40)(H,41,42)/t21-,22-,23+,24-,25+,26+,27-,28-,35-,36-,37-,38-/m1/s1. The van der Waals surface area contributed by atoms with Gasteiger partial charge in [0.1, 0.15) is 0 Å². The average molecular weight is 625 g/mol. The first-order valence-electron chi connectivity index (χ1n) is 17.0. The van der Waals surface area contributed by atoms with Crippen molar-refractivity contribution in [2.75, 3.05) is 13.6 Å². The van der Waals surface area contributed by atoms with Crippen molar-refractivity contribution in [3.63, 3.8) is 0 Å². The number of carboxylic acid groups (broad SMARTS) is 2. The van der Waals surface area contributed by atoms with Crippen LogP contribution in [0, 0.1) is 71.0 Å². The summed E-state index contributed by atoms with van der Waals surface area (Å²) in [5, 5.41) is 19.5. The van der Waals surface area contributed by atoms with Crippen molar-refractivity contribution in [2.24, 2.45) is 71.0 Å². The van der Waals surface area contributed by atoms with Gasteiger partial charge in [0.2, 0.25) is 13.6 Å². The quantitative estimate of drug-likeness (QED) is 0.299. The van der Waals surface area contributed by atoms with Gasteiger partial charge in [-0.25, -0.2) is 0 Å². The molecule has 8 heteroatoms. The van der Waals surface area contributed by atoms with E-state index >= 15 is 0 Å². The Balaban J connectivity index is 1.000. The fourth-order valence-corrected chi connectivity index (χ4v) is 11.4. The molecule has 0 aromatic heterocycles. The fourth-order valence-electron chi connectivity index (χ4n) is 11.4. The lowest BCUT2D eigenvalue weighted by molar-refractivity contribution is -0.192. The summed E-state index contributed by atoms with van der Waals surface area (Å²) in [7, 11) is 0. The maximum absolute atomic E-state index is 12.3. The molecule has 8 aliphatic rings. The number of allylic oxidation sites excluding steroid dienone is 4. The maximum atomic E-state index is 12.3. The molecule has 3 fully saturated rings. The van der Waals surface area contributed by atoms with Gasteiger partial charge in [0, 0.05) is 12.8 Å². The summed E-state index contributed by atoms with van der Waals surface area (Å²) in [6, 6.07) is 12.4. The SMILES string of the molecule is O=C(O)CCC[C@@H]1[C@@H](Cc2ccc3c(c2)OCO3)[C@H]2[C@H]3C=C[C@H]([C@H]4[C@@H]3C=C[C@@H]3[C@H](Cc5ccc6c(c5)OCO6)[C@@H](CC(=O)O)[C@@H]34)[C@@H]12. The summed E-state index contributed by atoms with van der Waals surface area (Å²) in [4.78, 5) is 23.7. The number of benzene rings is 2. The van der Waals surface area contributed by atoms with Crippen LogP contribution in [0.15, 0.2) is 60.7 Å². The van der Waals surface area contributed by atoms with Crippen LogP contribution < -0.4 is 18.9 Å². The molecule has 2 N–H and O–H groups in total. The molecule has 2 aliphatic heterocycles. The third kappa shape index (κ3) is 4.39. The van der Waals surface area contributed by atoms with Crippen LogP contribution in [0.1, 0.15) is 36.8 Å². The topological polar surface area (TPSA) is 112 Å². The molecule has 46 heavy (non-hydrogen) atoms. The molecule has 10 rings (SSSR count). The van der Waals surface area contributed by atoms with Gasteiger partial charge < -0.3 is 29.2 Å². The van der Waals surface area contributed by atoms with E-state index in [1.807, 2.05) is 12.1 Å². The molecule has 0 spiro atoms. The molecule has 2 aromatic carbocycles. The van der Waals surface area contributed by atoms with Gasteiger partial charge in [-0.2, -0.15) is 0 Å². The van der Waals surface area contributed by atoms with E-state index in [1.54, 1.807) is 0 Å². The Hall–Kier alpha value is -3.94. The summed E-state index contributed by atoms with van der Waals surface area (Å²) in [5.74, 6) is 6.60. The molecule has 0 saturated heterocycles. The zero-order valence-corrected chi connectivity index (χ0v) is 25.7. The number of rotatable bonds is 10. The number of fused-ring (bicyclic) bond motifs is 3. The van der Waals surface area contributed by atoms with Gasteiger partial charge in [-0.1, -0.05) is 36.4 Å². The molecule has 12 atom stereocenters. The predicted octanol–water partition coefficient (Wildman–Crippen LogP) is 6.23. The minimum atomic E-state index is -0.729. The van der Waals surface area contributed by atoms with Crippen molar-refractivity contribution in [1.82, 2.24) is 0 Å². The Bertz CT molecular complexity index is 1630. The molecule has 6 aliphatic carbocycles. The molecular formula is C38H40O8. The highest BCUT2D eigenvalue weighted by atomic mass is 16.7. The second kappa shape index (κ2) is 10.8. The lowest BCUT2D eigenvalue weighted by Gasteiger charge is -2.71. The first-order valence-corrected chi connectivity index (χ1v) is 17.0. The van der Waals surface area contributed by atoms with Gasteiger partial charge in [-0.15, -0.1) is 0 Å². The second-order valence-corrected chi connectivity index (χ2v) is 14.7. The third-order valence-corrected chi connectivity index (χ3v) is 12.9. The Labute approximate surface area is 268 Å². The van der Waals surface area contributed by atoms with E-state index in [2.05, 4.69) is 48.6 Å². The van der Waals surface area contributed by atoms with Crippen LogP contribution in [0.25, 0.3) is 0 Å². The molecule has 3 saturated carbocycles. The van der Waals surface area contributed by atoms with Crippen LogP contribution in [0.5, 0.6) is 23.0 Å². The van der Waals surface area contributed by atoms with Crippen LogP contribution >= 0.6 is 0 Å². The third-order valence-electron chi connectivity index (χ3n) is 12.9. The first kappa shape index (κ1) is 28.3. The number of carboxylic acids is 2. The van der Waals surface area contributed by atoms with Crippen molar-refractivity contribution in [2.45, 2.75) is 38.5 Å². The van der Waals surface area contributed by atoms with E-state index in [0.717, 1.165) is 42.3 Å². The van der Waals surface area contributed by atoms with Gasteiger partial charge in [-0.3, -0.25) is 9.59 Å². The molecule has 0 radical (unpaired) electrons. The summed E-state index contributed by atoms with van der Waals surface area (Å²) in [6.07, 6.45) is 13.7. The maximum Gasteiger partial charge on any atom is 0.303 e. The molecule has 2 bridgehead atoms. The van der Waals surface area contributed by atoms with E-state index in [0.29, 0.717) is 65.6 Å². The number of ether oxygens (including phenoxy) is 4. The minimum Gasteiger partial charge on any atom is -0.481 e. The lowest BCUT2D eigenvalue weighted by atomic mass is 9.33. The molecule has 0 unspecified atom stereocenters. The zero-order chi connectivity index (χ0) is 31.1. The number of hydrogen-bond acceptors (Lipinski definition) is 6. The summed E-state index contributed by atoms with van der Waals surface area (Å²) >= 11 is 0. The number of carbonyl (C=O) groups is 2. The van der Waals surface area contributed by atoms with Crippen LogP contribution in [-0.4, -0.2) is 35.7 Å². The van der Waals surface area contributed by atoms with Crippen molar-refractivity contribution < 1.29 is 38.7 Å². The van der Waals surface area contributed by atoms with Crippen molar-refractivity contribution in [3.05, 3.63) is 71.8 Å². The van der Waals surface area contributed by atoms with Crippen molar-refractivity contribution in [3.8, 4) is 23.0 Å². The molecular weight excluding hydrogens is 584 g/mol. The summed E-state index contributed by atoms with van der Waals surface area (Å²) in [6.45, 7) is 0.505. The molecule has 0 amide bonds. The van der Waals surface area contributed by atoms with Gasteiger partial charge in [0.15, 0.2) is 23.0 Å². The largest absolute Gasteiger partial charge is 0.481 e. The highest BCUT2D eigenvalue weighted by molar-refractivity contribution is 5.67.